The molecule has 0 saturated carbocycles. The molecule has 0 N–H and O–H groups in total. The van der Waals surface area contributed by atoms with Crippen molar-refractivity contribution in [3.05, 3.63) is 42.6 Å². The monoisotopic (exact) mass is 421 g/mol. The van der Waals surface area contributed by atoms with Gasteiger partial charge in [-0.3, -0.25) is 4.79 Å². The fraction of sp³-hybridized carbons (Fsp3) is 0.538. The Hall–Kier alpha value is -2.40. The van der Waals surface area contributed by atoms with Gasteiger partial charge in [0.25, 0.3) is 0 Å². The van der Waals surface area contributed by atoms with Crippen molar-refractivity contribution in [2.24, 2.45) is 11.8 Å². The summed E-state index contributed by atoms with van der Waals surface area (Å²) in [5, 5.41) is 0. The molecule has 1 aromatic carbocycles. The van der Waals surface area contributed by atoms with Gasteiger partial charge in [0, 0.05) is 37.2 Å². The summed E-state index contributed by atoms with van der Waals surface area (Å²) in [6, 6.07) is 12.2. The maximum absolute atomic E-state index is 13.0. The molecule has 0 spiro atoms. The number of anilines is 1. The molecule has 2 saturated heterocycles. The number of Topliss-reactive ketones (excluding diaryl/α,β-unsaturated/α-hetero) is 1. The van der Waals surface area contributed by atoms with Gasteiger partial charge >= 0.3 is 0 Å². The van der Waals surface area contributed by atoms with Crippen molar-refractivity contribution in [3.63, 3.8) is 0 Å². The van der Waals surface area contributed by atoms with Crippen LogP contribution in [0, 0.1) is 11.8 Å². The lowest BCUT2D eigenvalue weighted by molar-refractivity contribution is -0.124. The van der Waals surface area contributed by atoms with Crippen LogP contribution in [0.2, 0.25) is 0 Å². The molecular formula is C26H35N3O2. The lowest BCUT2D eigenvalue weighted by atomic mass is 9.85. The second-order valence-electron chi connectivity index (χ2n) is 8.97. The Bertz CT molecular complexity index is 859. The summed E-state index contributed by atoms with van der Waals surface area (Å²) >= 11 is 0. The SMILES string of the molecule is CCN1CCC(CC(=O)C2CCCN(c3ccc(-c4cccc(OC)c4)cn3)C2)CC1. The number of ether oxygens (including phenoxy) is 1. The average molecular weight is 422 g/mol. The van der Waals surface area contributed by atoms with Crippen molar-refractivity contribution >= 4 is 11.6 Å². The Morgan fingerprint density at radius 1 is 1.10 bits per heavy atom. The molecular weight excluding hydrogens is 386 g/mol. The minimum Gasteiger partial charge on any atom is -0.497 e. The number of rotatable bonds is 7. The maximum atomic E-state index is 13.0. The van der Waals surface area contributed by atoms with Crippen molar-refractivity contribution in [2.75, 3.05) is 44.7 Å². The topological polar surface area (TPSA) is 45.7 Å². The van der Waals surface area contributed by atoms with Crippen LogP contribution in [0.3, 0.4) is 0 Å². The number of pyridine rings is 1. The quantitative estimate of drug-likeness (QED) is 0.650. The summed E-state index contributed by atoms with van der Waals surface area (Å²) in [6.45, 7) is 7.42. The molecule has 4 rings (SSSR count). The van der Waals surface area contributed by atoms with Gasteiger partial charge in [0.15, 0.2) is 0 Å². The smallest absolute Gasteiger partial charge is 0.138 e. The van der Waals surface area contributed by atoms with Gasteiger partial charge in [-0.2, -0.15) is 0 Å². The number of methoxy groups -OCH3 is 1. The second-order valence-corrected chi connectivity index (χ2v) is 8.97. The fourth-order valence-electron chi connectivity index (χ4n) is 4.95. The molecule has 166 valence electrons. The molecule has 2 fully saturated rings. The van der Waals surface area contributed by atoms with Crippen molar-refractivity contribution in [3.8, 4) is 16.9 Å². The summed E-state index contributed by atoms with van der Waals surface area (Å²) in [7, 11) is 1.68. The normalized spacial score (nSPS) is 20.6. The van der Waals surface area contributed by atoms with E-state index in [1.165, 1.54) is 12.8 Å². The summed E-state index contributed by atoms with van der Waals surface area (Å²) in [5.41, 5.74) is 2.17. The molecule has 5 nitrogen and oxygen atoms in total. The first kappa shape index (κ1) is 21.8. The minimum atomic E-state index is 0.151. The number of likely N-dealkylation sites (tertiary alicyclic amines) is 1. The summed E-state index contributed by atoms with van der Waals surface area (Å²) in [4.78, 5) is 22.5. The van der Waals surface area contributed by atoms with E-state index in [0.29, 0.717) is 11.7 Å². The Balaban J connectivity index is 1.35. The van der Waals surface area contributed by atoms with Crippen LogP contribution in [0.4, 0.5) is 5.82 Å². The molecule has 31 heavy (non-hydrogen) atoms. The van der Waals surface area contributed by atoms with Crippen LogP contribution >= 0.6 is 0 Å². The molecule has 1 unspecified atom stereocenters. The number of hydrogen-bond donors (Lipinski definition) is 0. The highest BCUT2D eigenvalue weighted by Crippen LogP contribution is 2.29. The first-order chi connectivity index (χ1) is 15.2. The van der Waals surface area contributed by atoms with Crippen molar-refractivity contribution in [2.45, 2.75) is 39.0 Å². The van der Waals surface area contributed by atoms with Crippen molar-refractivity contribution < 1.29 is 9.53 Å². The van der Waals surface area contributed by atoms with E-state index in [-0.39, 0.29) is 5.92 Å². The number of nitrogens with zero attached hydrogens (tertiary/aromatic N) is 3. The first-order valence-electron chi connectivity index (χ1n) is 11.8. The number of carbonyl (C=O) groups is 1. The van der Waals surface area contributed by atoms with Crippen LogP contribution < -0.4 is 9.64 Å². The van der Waals surface area contributed by atoms with E-state index in [1.54, 1.807) is 7.11 Å². The largest absolute Gasteiger partial charge is 0.497 e. The number of benzene rings is 1. The first-order valence-corrected chi connectivity index (χ1v) is 11.8. The van der Waals surface area contributed by atoms with Gasteiger partial charge < -0.3 is 14.5 Å². The third kappa shape index (κ3) is 5.45. The predicted molar refractivity (Wildman–Crippen MR) is 126 cm³/mol. The van der Waals surface area contributed by atoms with Crippen molar-refractivity contribution in [1.29, 1.82) is 0 Å². The van der Waals surface area contributed by atoms with Gasteiger partial charge in [-0.05, 0) is 81.1 Å². The second kappa shape index (κ2) is 10.3. The highest BCUT2D eigenvalue weighted by Gasteiger charge is 2.29. The van der Waals surface area contributed by atoms with Crippen LogP contribution in [-0.2, 0) is 4.79 Å². The number of hydrogen-bond acceptors (Lipinski definition) is 5. The summed E-state index contributed by atoms with van der Waals surface area (Å²) < 4.78 is 5.33. The Morgan fingerprint density at radius 3 is 2.65 bits per heavy atom. The highest BCUT2D eigenvalue weighted by atomic mass is 16.5. The lowest BCUT2D eigenvalue weighted by Crippen LogP contribution is -2.40. The fourth-order valence-corrected chi connectivity index (χ4v) is 4.95. The molecule has 5 heteroatoms. The Kier molecular flexibility index (Phi) is 7.23. The van der Waals surface area contributed by atoms with Gasteiger partial charge in [0.05, 0.1) is 7.11 Å². The zero-order valence-corrected chi connectivity index (χ0v) is 18.9. The van der Waals surface area contributed by atoms with E-state index in [4.69, 9.17) is 9.72 Å². The van der Waals surface area contributed by atoms with Gasteiger partial charge in [0.1, 0.15) is 17.4 Å². The van der Waals surface area contributed by atoms with Crippen LogP contribution in [0.25, 0.3) is 11.1 Å². The van der Waals surface area contributed by atoms with Crippen LogP contribution in [0.5, 0.6) is 5.75 Å². The molecule has 0 bridgehead atoms. The third-order valence-electron chi connectivity index (χ3n) is 7.00. The zero-order chi connectivity index (χ0) is 21.6. The van der Waals surface area contributed by atoms with Gasteiger partial charge in [0.2, 0.25) is 0 Å². The third-order valence-corrected chi connectivity index (χ3v) is 7.00. The van der Waals surface area contributed by atoms with E-state index in [1.807, 2.05) is 24.4 Å². The zero-order valence-electron chi connectivity index (χ0n) is 18.9. The number of carbonyl (C=O) groups excluding carboxylic acids is 1. The number of aromatic nitrogens is 1. The van der Waals surface area contributed by atoms with E-state index in [9.17, 15) is 4.79 Å². The molecule has 0 radical (unpaired) electrons. The lowest BCUT2D eigenvalue weighted by Gasteiger charge is -2.35. The van der Waals surface area contributed by atoms with E-state index in [0.717, 1.165) is 74.7 Å². The molecule has 2 aromatic rings. The molecule has 1 aromatic heterocycles. The van der Waals surface area contributed by atoms with E-state index in [2.05, 4.69) is 34.9 Å². The Morgan fingerprint density at radius 2 is 1.94 bits per heavy atom. The molecule has 1 atom stereocenters. The maximum Gasteiger partial charge on any atom is 0.138 e. The molecule has 2 aliphatic heterocycles. The average Bonchev–Trinajstić information content (AvgIpc) is 2.84. The Labute approximate surface area is 186 Å². The van der Waals surface area contributed by atoms with Gasteiger partial charge in [-0.1, -0.05) is 19.1 Å². The summed E-state index contributed by atoms with van der Waals surface area (Å²) in [6.07, 6.45) is 7.11. The minimum absolute atomic E-state index is 0.151. The number of piperidine rings is 2. The number of ketones is 1. The van der Waals surface area contributed by atoms with Crippen molar-refractivity contribution in [1.82, 2.24) is 9.88 Å². The van der Waals surface area contributed by atoms with Gasteiger partial charge in [-0.15, -0.1) is 0 Å². The van der Waals surface area contributed by atoms with Crippen LogP contribution in [-0.4, -0.2) is 55.5 Å². The standard InChI is InChI=1S/C26H35N3O2/c1-3-28-14-11-20(12-15-28)16-25(30)23-7-5-13-29(19-23)26-10-9-22(18-27-26)21-6-4-8-24(17-21)31-2/h4,6,8-10,17-18,20,23H,3,5,7,11-16,19H2,1-2H3. The summed E-state index contributed by atoms with van der Waals surface area (Å²) in [5.74, 6) is 3.01. The van der Waals surface area contributed by atoms with E-state index < -0.39 is 0 Å². The van der Waals surface area contributed by atoms with Gasteiger partial charge in [-0.25, -0.2) is 4.98 Å². The molecule has 2 aliphatic rings. The highest BCUT2D eigenvalue weighted by molar-refractivity contribution is 5.82. The molecule has 3 heterocycles. The van der Waals surface area contributed by atoms with Crippen LogP contribution in [0.1, 0.15) is 39.0 Å². The predicted octanol–water partition coefficient (Wildman–Crippen LogP) is 4.66. The van der Waals surface area contributed by atoms with E-state index >= 15 is 0 Å². The molecule has 0 amide bonds. The molecule has 0 aliphatic carbocycles. The van der Waals surface area contributed by atoms with Crippen LogP contribution in [0.15, 0.2) is 42.6 Å².